The van der Waals surface area contributed by atoms with Crippen LogP contribution in [0.5, 0.6) is 5.75 Å². The summed E-state index contributed by atoms with van der Waals surface area (Å²) in [5, 5.41) is 3.33. The van der Waals surface area contributed by atoms with Crippen LogP contribution < -0.4 is 10.1 Å². The normalized spacial score (nSPS) is 10.7. The first-order chi connectivity index (χ1) is 10.0. The fraction of sp³-hybridized carbons (Fsp3) is 0.333. The molecule has 0 saturated carbocycles. The molecule has 2 aromatic rings. The number of hydrogen-bond acceptors (Lipinski definition) is 2. The Bertz CT molecular complexity index is 596. The Labute approximate surface area is 126 Å². The van der Waals surface area contributed by atoms with Crippen molar-refractivity contribution in [2.24, 2.45) is 5.92 Å². The van der Waals surface area contributed by atoms with Crippen LogP contribution >= 0.6 is 0 Å². The highest BCUT2D eigenvalue weighted by Crippen LogP contribution is 2.19. The van der Waals surface area contributed by atoms with Crippen LogP contribution in [0.2, 0.25) is 0 Å². The molecule has 0 aliphatic heterocycles. The first-order valence-electron chi connectivity index (χ1n) is 7.26. The minimum Gasteiger partial charge on any atom is -0.493 e. The maximum atomic E-state index is 13.2. The third-order valence-corrected chi connectivity index (χ3v) is 3.14. The van der Waals surface area contributed by atoms with Crippen LogP contribution in [0, 0.1) is 18.7 Å². The Hall–Kier alpha value is -2.03. The average molecular weight is 287 g/mol. The summed E-state index contributed by atoms with van der Waals surface area (Å²) in [6, 6.07) is 13.1. The molecule has 0 spiro atoms. The number of hydrogen-bond donors (Lipinski definition) is 1. The fourth-order valence-corrected chi connectivity index (χ4v) is 1.98. The molecule has 3 heteroatoms. The lowest BCUT2D eigenvalue weighted by molar-refractivity contribution is 0.271. The van der Waals surface area contributed by atoms with Crippen molar-refractivity contribution in [1.82, 2.24) is 0 Å². The van der Waals surface area contributed by atoms with Crippen molar-refractivity contribution >= 4 is 5.69 Å². The molecule has 1 N–H and O–H groups in total. The molecule has 0 aliphatic rings. The molecule has 0 amide bonds. The van der Waals surface area contributed by atoms with Crippen LogP contribution in [0.4, 0.5) is 10.1 Å². The predicted molar refractivity (Wildman–Crippen MR) is 85.2 cm³/mol. The van der Waals surface area contributed by atoms with E-state index in [-0.39, 0.29) is 5.82 Å². The lowest BCUT2D eigenvalue weighted by atomic mass is 10.1. The van der Waals surface area contributed by atoms with Crippen molar-refractivity contribution in [2.75, 3.05) is 11.9 Å². The van der Waals surface area contributed by atoms with Crippen molar-refractivity contribution < 1.29 is 9.13 Å². The van der Waals surface area contributed by atoms with Crippen LogP contribution in [0.25, 0.3) is 0 Å². The molecule has 2 rings (SSSR count). The van der Waals surface area contributed by atoms with Crippen LogP contribution in [0.3, 0.4) is 0 Å². The third-order valence-electron chi connectivity index (χ3n) is 3.14. The van der Waals surface area contributed by atoms with Crippen molar-refractivity contribution in [3.63, 3.8) is 0 Å². The molecule has 2 nitrogen and oxygen atoms in total. The van der Waals surface area contributed by atoms with Crippen LogP contribution in [-0.4, -0.2) is 6.61 Å². The van der Waals surface area contributed by atoms with Gasteiger partial charge < -0.3 is 10.1 Å². The molecule has 0 heterocycles. The number of anilines is 1. The Morgan fingerprint density at radius 3 is 2.67 bits per heavy atom. The quantitative estimate of drug-likeness (QED) is 0.825. The molecule has 0 bridgehead atoms. The molecule has 112 valence electrons. The van der Waals surface area contributed by atoms with E-state index in [9.17, 15) is 4.39 Å². The molecular formula is C18H22FNO. The number of rotatable bonds is 6. The van der Waals surface area contributed by atoms with E-state index in [2.05, 4.69) is 19.2 Å². The summed E-state index contributed by atoms with van der Waals surface area (Å²) in [7, 11) is 0. The van der Waals surface area contributed by atoms with E-state index in [0.29, 0.717) is 24.6 Å². The summed E-state index contributed by atoms with van der Waals surface area (Å²) in [4.78, 5) is 0. The molecule has 0 unspecified atom stereocenters. The van der Waals surface area contributed by atoms with Gasteiger partial charge in [0.1, 0.15) is 11.6 Å². The molecule has 21 heavy (non-hydrogen) atoms. The number of halogens is 1. The minimum absolute atomic E-state index is 0.164. The van der Waals surface area contributed by atoms with E-state index < -0.39 is 0 Å². The molecule has 0 saturated heterocycles. The molecule has 2 aromatic carbocycles. The second kappa shape index (κ2) is 7.11. The Morgan fingerprint density at radius 2 is 1.95 bits per heavy atom. The number of benzene rings is 2. The van der Waals surface area contributed by atoms with Gasteiger partial charge in [-0.25, -0.2) is 4.39 Å². The van der Waals surface area contributed by atoms with Crippen molar-refractivity contribution in [3.05, 3.63) is 59.4 Å². The molecule has 0 aliphatic carbocycles. The number of aryl methyl sites for hydroxylation is 1. The summed E-state index contributed by atoms with van der Waals surface area (Å²) in [6.45, 7) is 7.40. The van der Waals surface area contributed by atoms with E-state index in [0.717, 1.165) is 17.0 Å². The highest BCUT2D eigenvalue weighted by atomic mass is 19.1. The largest absolute Gasteiger partial charge is 0.493 e. The van der Waals surface area contributed by atoms with Gasteiger partial charge in [-0.15, -0.1) is 0 Å². The Morgan fingerprint density at radius 1 is 1.14 bits per heavy atom. The Balaban J connectivity index is 1.96. The lowest BCUT2D eigenvalue weighted by Gasteiger charge is -2.11. The summed E-state index contributed by atoms with van der Waals surface area (Å²) in [5.74, 6) is 1.20. The molecule has 0 radical (unpaired) electrons. The molecule has 0 atom stereocenters. The fourth-order valence-electron chi connectivity index (χ4n) is 1.98. The number of nitrogens with one attached hydrogen (secondary N) is 1. The summed E-state index contributed by atoms with van der Waals surface area (Å²) >= 11 is 0. The standard InChI is InChI=1S/C18H22FNO/c1-13(2)12-21-17-6-4-5-16(10-17)20-11-15-7-8-18(19)14(3)9-15/h4-10,13,20H,11-12H2,1-3H3. The highest BCUT2D eigenvalue weighted by Gasteiger charge is 2.01. The second-order valence-corrected chi connectivity index (χ2v) is 5.67. The van der Waals surface area contributed by atoms with E-state index in [4.69, 9.17) is 4.74 Å². The first kappa shape index (κ1) is 15.4. The average Bonchev–Trinajstić information content (AvgIpc) is 2.47. The third kappa shape index (κ3) is 4.78. The van der Waals surface area contributed by atoms with Gasteiger partial charge in [-0.05, 0) is 42.2 Å². The predicted octanol–water partition coefficient (Wildman–Crippen LogP) is 4.78. The minimum atomic E-state index is -0.164. The number of ether oxygens (including phenoxy) is 1. The zero-order chi connectivity index (χ0) is 15.2. The summed E-state index contributed by atoms with van der Waals surface area (Å²) < 4.78 is 18.9. The highest BCUT2D eigenvalue weighted by molar-refractivity contribution is 5.48. The molecule has 0 aromatic heterocycles. The van der Waals surface area contributed by atoms with Gasteiger partial charge in [-0.3, -0.25) is 0 Å². The lowest BCUT2D eigenvalue weighted by Crippen LogP contribution is -2.05. The summed E-state index contributed by atoms with van der Waals surface area (Å²) in [6.07, 6.45) is 0. The van der Waals surface area contributed by atoms with E-state index in [1.807, 2.05) is 30.3 Å². The Kier molecular flexibility index (Phi) is 5.20. The molecule has 0 fully saturated rings. The van der Waals surface area contributed by atoms with Crippen LogP contribution in [0.1, 0.15) is 25.0 Å². The monoisotopic (exact) mass is 287 g/mol. The van der Waals surface area contributed by atoms with E-state index in [1.54, 1.807) is 13.0 Å². The van der Waals surface area contributed by atoms with Gasteiger partial charge in [0.2, 0.25) is 0 Å². The maximum Gasteiger partial charge on any atom is 0.126 e. The van der Waals surface area contributed by atoms with Crippen LogP contribution in [-0.2, 0) is 6.54 Å². The van der Waals surface area contributed by atoms with Crippen molar-refractivity contribution in [3.8, 4) is 5.75 Å². The summed E-state index contributed by atoms with van der Waals surface area (Å²) in [5.41, 5.74) is 2.73. The van der Waals surface area contributed by atoms with Crippen molar-refractivity contribution in [2.45, 2.75) is 27.3 Å². The smallest absolute Gasteiger partial charge is 0.126 e. The maximum absolute atomic E-state index is 13.2. The van der Waals surface area contributed by atoms with E-state index >= 15 is 0 Å². The van der Waals surface area contributed by atoms with Crippen molar-refractivity contribution in [1.29, 1.82) is 0 Å². The zero-order valence-electron chi connectivity index (χ0n) is 12.8. The zero-order valence-corrected chi connectivity index (χ0v) is 12.8. The van der Waals surface area contributed by atoms with Gasteiger partial charge in [0, 0.05) is 18.3 Å². The van der Waals surface area contributed by atoms with Gasteiger partial charge in [-0.1, -0.05) is 32.0 Å². The van der Waals surface area contributed by atoms with Gasteiger partial charge in [0.05, 0.1) is 6.61 Å². The van der Waals surface area contributed by atoms with Gasteiger partial charge in [0.15, 0.2) is 0 Å². The van der Waals surface area contributed by atoms with Gasteiger partial charge in [-0.2, -0.15) is 0 Å². The SMILES string of the molecule is Cc1cc(CNc2cccc(OCC(C)C)c2)ccc1F. The van der Waals surface area contributed by atoms with Gasteiger partial charge >= 0.3 is 0 Å². The van der Waals surface area contributed by atoms with Gasteiger partial charge in [0.25, 0.3) is 0 Å². The second-order valence-electron chi connectivity index (χ2n) is 5.67. The topological polar surface area (TPSA) is 21.3 Å². The van der Waals surface area contributed by atoms with E-state index in [1.165, 1.54) is 6.07 Å². The van der Waals surface area contributed by atoms with Crippen LogP contribution in [0.15, 0.2) is 42.5 Å². The molecular weight excluding hydrogens is 265 g/mol. The first-order valence-corrected chi connectivity index (χ1v) is 7.26.